The molecule has 0 saturated heterocycles. The minimum Gasteiger partial charge on any atom is -0.308 e. The molecule has 2 heteroatoms. The van der Waals surface area contributed by atoms with E-state index in [0.29, 0.717) is 0 Å². The summed E-state index contributed by atoms with van der Waals surface area (Å²) < 4.78 is 0. The Morgan fingerprint density at radius 2 is 1.88 bits per heavy atom. The zero-order chi connectivity index (χ0) is 12.3. The molecule has 2 rings (SSSR count). The summed E-state index contributed by atoms with van der Waals surface area (Å²) in [6.45, 7) is 4.28. The molecule has 0 bridgehead atoms. The predicted octanol–water partition coefficient (Wildman–Crippen LogP) is 3.01. The van der Waals surface area contributed by atoms with Crippen LogP contribution >= 0.6 is 0 Å². The van der Waals surface area contributed by atoms with Crippen LogP contribution in [0.3, 0.4) is 0 Å². The van der Waals surface area contributed by atoms with Crippen LogP contribution in [0.15, 0.2) is 42.6 Å². The van der Waals surface area contributed by atoms with Crippen LogP contribution < -0.4 is 5.32 Å². The number of hydrogen-bond donors (Lipinski definition) is 1. The molecule has 0 spiro atoms. The molecule has 0 aliphatic carbocycles. The number of aryl methyl sites for hydroxylation is 2. The quantitative estimate of drug-likeness (QED) is 0.870. The summed E-state index contributed by atoms with van der Waals surface area (Å²) in [5.74, 6) is 0. The first kappa shape index (κ1) is 11.8. The van der Waals surface area contributed by atoms with E-state index in [9.17, 15) is 0 Å². The van der Waals surface area contributed by atoms with Gasteiger partial charge in [0.1, 0.15) is 0 Å². The van der Waals surface area contributed by atoms with Gasteiger partial charge in [0.25, 0.3) is 0 Å². The molecular formula is C15H18N2. The van der Waals surface area contributed by atoms with E-state index in [4.69, 9.17) is 0 Å². The first-order valence-corrected chi connectivity index (χ1v) is 5.87. The van der Waals surface area contributed by atoms with E-state index in [1.807, 2.05) is 25.4 Å². The van der Waals surface area contributed by atoms with Gasteiger partial charge < -0.3 is 5.32 Å². The number of pyridine rings is 1. The van der Waals surface area contributed by atoms with Crippen molar-refractivity contribution in [2.75, 3.05) is 7.05 Å². The lowest BCUT2D eigenvalue weighted by molar-refractivity contribution is 0.670. The second-order valence-electron chi connectivity index (χ2n) is 4.32. The van der Waals surface area contributed by atoms with Gasteiger partial charge in [-0.3, -0.25) is 4.98 Å². The van der Waals surface area contributed by atoms with Gasteiger partial charge in [-0.1, -0.05) is 24.3 Å². The van der Waals surface area contributed by atoms with E-state index >= 15 is 0 Å². The van der Waals surface area contributed by atoms with E-state index < -0.39 is 0 Å². The Morgan fingerprint density at radius 1 is 1.06 bits per heavy atom. The fourth-order valence-corrected chi connectivity index (χ4v) is 1.98. The summed E-state index contributed by atoms with van der Waals surface area (Å²) in [4.78, 5) is 4.42. The van der Waals surface area contributed by atoms with Gasteiger partial charge in [-0.05, 0) is 49.7 Å². The summed E-state index contributed by atoms with van der Waals surface area (Å²) in [7, 11) is 1.97. The van der Waals surface area contributed by atoms with Gasteiger partial charge in [0.05, 0.1) is 11.7 Å². The van der Waals surface area contributed by atoms with E-state index in [1.54, 1.807) is 0 Å². The molecule has 0 aliphatic heterocycles. The van der Waals surface area contributed by atoms with Crippen molar-refractivity contribution in [1.29, 1.82) is 0 Å². The number of rotatable bonds is 3. The van der Waals surface area contributed by atoms with Crippen molar-refractivity contribution in [3.63, 3.8) is 0 Å². The lowest BCUT2D eigenvalue weighted by Gasteiger charge is -2.17. The van der Waals surface area contributed by atoms with Crippen molar-refractivity contribution in [3.8, 4) is 0 Å². The van der Waals surface area contributed by atoms with Gasteiger partial charge in [0.15, 0.2) is 0 Å². The molecule has 1 aromatic carbocycles. The van der Waals surface area contributed by atoms with Crippen molar-refractivity contribution in [2.24, 2.45) is 0 Å². The molecule has 1 aromatic heterocycles. The van der Waals surface area contributed by atoms with Crippen LogP contribution in [0, 0.1) is 13.8 Å². The maximum atomic E-state index is 4.42. The standard InChI is InChI=1S/C15H18N2/c1-11-7-8-13(10-12(11)2)15(16-3)14-6-4-5-9-17-14/h4-10,15-16H,1-3H3. The number of aromatic nitrogens is 1. The largest absolute Gasteiger partial charge is 0.308 e. The van der Waals surface area contributed by atoms with Crippen molar-refractivity contribution in [3.05, 3.63) is 65.0 Å². The lowest BCUT2D eigenvalue weighted by Crippen LogP contribution is -2.18. The monoisotopic (exact) mass is 226 g/mol. The van der Waals surface area contributed by atoms with Crippen molar-refractivity contribution in [2.45, 2.75) is 19.9 Å². The van der Waals surface area contributed by atoms with Gasteiger partial charge in [-0.2, -0.15) is 0 Å². The van der Waals surface area contributed by atoms with Gasteiger partial charge in [-0.15, -0.1) is 0 Å². The lowest BCUT2D eigenvalue weighted by atomic mass is 9.99. The SMILES string of the molecule is CNC(c1ccc(C)c(C)c1)c1ccccn1. The minimum absolute atomic E-state index is 0.163. The smallest absolute Gasteiger partial charge is 0.0749 e. The van der Waals surface area contributed by atoms with Crippen molar-refractivity contribution < 1.29 is 0 Å². The third-order valence-electron chi connectivity index (χ3n) is 3.14. The Hall–Kier alpha value is -1.67. The molecule has 1 N–H and O–H groups in total. The number of nitrogens with zero attached hydrogens (tertiary/aromatic N) is 1. The summed E-state index contributed by atoms with van der Waals surface area (Å²) in [5.41, 5.74) is 4.95. The zero-order valence-corrected chi connectivity index (χ0v) is 10.6. The molecule has 2 nitrogen and oxygen atoms in total. The minimum atomic E-state index is 0.163. The van der Waals surface area contributed by atoms with Gasteiger partial charge >= 0.3 is 0 Å². The summed E-state index contributed by atoms with van der Waals surface area (Å²) >= 11 is 0. The average Bonchev–Trinajstić information content (AvgIpc) is 2.36. The van der Waals surface area contributed by atoms with E-state index in [0.717, 1.165) is 5.69 Å². The van der Waals surface area contributed by atoms with Crippen molar-refractivity contribution >= 4 is 0 Å². The number of hydrogen-bond acceptors (Lipinski definition) is 2. The first-order chi connectivity index (χ1) is 8.22. The zero-order valence-electron chi connectivity index (χ0n) is 10.6. The maximum absolute atomic E-state index is 4.42. The fraction of sp³-hybridized carbons (Fsp3) is 0.267. The van der Waals surface area contributed by atoms with E-state index in [1.165, 1.54) is 16.7 Å². The predicted molar refractivity (Wildman–Crippen MR) is 71.1 cm³/mol. The Labute approximate surface area is 103 Å². The highest BCUT2D eigenvalue weighted by atomic mass is 14.9. The Bertz CT molecular complexity index is 492. The normalized spacial score (nSPS) is 12.4. The molecule has 0 radical (unpaired) electrons. The summed E-state index contributed by atoms with van der Waals surface area (Å²) in [5, 5.41) is 3.32. The molecule has 1 atom stereocenters. The highest BCUT2D eigenvalue weighted by Crippen LogP contribution is 2.21. The molecule has 1 heterocycles. The molecule has 0 amide bonds. The molecule has 0 fully saturated rings. The Balaban J connectivity index is 2.39. The van der Waals surface area contributed by atoms with Crippen LogP contribution in [-0.2, 0) is 0 Å². The second-order valence-corrected chi connectivity index (χ2v) is 4.32. The third kappa shape index (κ3) is 2.53. The number of nitrogens with one attached hydrogen (secondary N) is 1. The van der Waals surface area contributed by atoms with Gasteiger partial charge in [0.2, 0.25) is 0 Å². The summed E-state index contributed by atoms with van der Waals surface area (Å²) in [6, 6.07) is 12.7. The Morgan fingerprint density at radius 3 is 2.47 bits per heavy atom. The summed E-state index contributed by atoms with van der Waals surface area (Å²) in [6.07, 6.45) is 1.83. The van der Waals surface area contributed by atoms with Crippen molar-refractivity contribution in [1.82, 2.24) is 10.3 Å². The maximum Gasteiger partial charge on any atom is 0.0749 e. The molecule has 0 saturated carbocycles. The molecule has 88 valence electrons. The average molecular weight is 226 g/mol. The van der Waals surface area contributed by atoms with Crippen LogP contribution in [-0.4, -0.2) is 12.0 Å². The first-order valence-electron chi connectivity index (χ1n) is 5.87. The molecular weight excluding hydrogens is 208 g/mol. The third-order valence-corrected chi connectivity index (χ3v) is 3.14. The van der Waals surface area contributed by atoms with Gasteiger partial charge in [0, 0.05) is 6.20 Å². The molecule has 0 aliphatic rings. The van der Waals surface area contributed by atoms with Gasteiger partial charge in [-0.25, -0.2) is 0 Å². The number of benzene rings is 1. The second kappa shape index (κ2) is 5.11. The van der Waals surface area contributed by atoms with E-state index in [-0.39, 0.29) is 6.04 Å². The molecule has 2 aromatic rings. The molecule has 1 unspecified atom stereocenters. The van der Waals surface area contributed by atoms with Crippen LogP contribution in [0.5, 0.6) is 0 Å². The van der Waals surface area contributed by atoms with E-state index in [2.05, 4.69) is 48.4 Å². The topological polar surface area (TPSA) is 24.9 Å². The Kier molecular flexibility index (Phi) is 3.55. The fourth-order valence-electron chi connectivity index (χ4n) is 1.98. The van der Waals surface area contributed by atoms with Crippen LogP contribution in [0.25, 0.3) is 0 Å². The highest BCUT2D eigenvalue weighted by Gasteiger charge is 2.12. The highest BCUT2D eigenvalue weighted by molar-refractivity contribution is 5.35. The van der Waals surface area contributed by atoms with Crippen LogP contribution in [0.1, 0.15) is 28.4 Å². The van der Waals surface area contributed by atoms with Crippen LogP contribution in [0.4, 0.5) is 0 Å². The molecule has 17 heavy (non-hydrogen) atoms. The van der Waals surface area contributed by atoms with Crippen LogP contribution in [0.2, 0.25) is 0 Å².